The number of nitrogens with one attached hydrogen (secondary N) is 1. The van der Waals surface area contributed by atoms with Crippen LogP contribution in [-0.2, 0) is 26.6 Å². The second-order valence-electron chi connectivity index (χ2n) is 11.2. The third-order valence-corrected chi connectivity index (χ3v) is 6.93. The number of phenols is 1. The van der Waals surface area contributed by atoms with Crippen molar-refractivity contribution in [3.63, 3.8) is 0 Å². The van der Waals surface area contributed by atoms with Gasteiger partial charge in [0.15, 0.2) is 0 Å². The predicted molar refractivity (Wildman–Crippen MR) is 145 cm³/mol. The molecule has 2 aromatic rings. The van der Waals surface area contributed by atoms with E-state index in [4.69, 9.17) is 4.74 Å². The summed E-state index contributed by atoms with van der Waals surface area (Å²) < 4.78 is 44.4. The number of aromatic hydroxyl groups is 1. The van der Waals surface area contributed by atoms with Crippen LogP contribution in [0.5, 0.6) is 11.5 Å². The number of thioether (sulfide) groups is 1. The summed E-state index contributed by atoms with van der Waals surface area (Å²) >= 11 is 0.652. The molecule has 11 heteroatoms. The Bertz CT molecular complexity index is 1320. The van der Waals surface area contributed by atoms with Gasteiger partial charge >= 0.3 is 6.18 Å². The normalized spacial score (nSPS) is 15.7. The van der Waals surface area contributed by atoms with E-state index in [2.05, 4.69) is 5.32 Å². The minimum atomic E-state index is -4.64. The molecule has 3 rings (SSSR count). The fraction of sp³-hybridized carbons (Fsp3) is 0.393. The molecule has 2 N–H and O–H groups in total. The topological polar surface area (TPSA) is 95.9 Å². The molecular formula is C28H31F3N2O5S. The van der Waals surface area contributed by atoms with Gasteiger partial charge in [-0.05, 0) is 64.6 Å². The van der Waals surface area contributed by atoms with Crippen molar-refractivity contribution >= 4 is 40.6 Å². The minimum Gasteiger partial charge on any atom is -0.507 e. The number of anilines is 1. The Morgan fingerprint density at radius 3 is 2.08 bits per heavy atom. The highest BCUT2D eigenvalue weighted by atomic mass is 32.2. The second-order valence-corrected chi connectivity index (χ2v) is 12.2. The summed E-state index contributed by atoms with van der Waals surface area (Å²) in [5, 5.41) is 12.5. The number of ether oxygens (including phenoxy) is 1. The van der Waals surface area contributed by atoms with E-state index < -0.39 is 46.2 Å². The van der Waals surface area contributed by atoms with Crippen LogP contribution in [0.1, 0.15) is 63.8 Å². The predicted octanol–water partition coefficient (Wildman–Crippen LogP) is 6.69. The zero-order chi connectivity index (χ0) is 29.5. The molecular weight excluding hydrogens is 533 g/mol. The quantitative estimate of drug-likeness (QED) is 0.393. The van der Waals surface area contributed by atoms with Crippen molar-refractivity contribution in [3.8, 4) is 11.5 Å². The molecule has 2 aromatic carbocycles. The molecule has 0 aliphatic carbocycles. The number of nitrogens with zero attached hydrogens (tertiary/aromatic N) is 1. The molecule has 1 aliphatic heterocycles. The Hall–Kier alpha value is -3.47. The molecule has 210 valence electrons. The first kappa shape index (κ1) is 30.1. The average Bonchev–Trinajstić information content (AvgIpc) is 3.05. The third-order valence-electron chi connectivity index (χ3n) is 6.02. The standard InChI is InChI=1S/C28H31F3N2O5S/c1-26(2,3)17-10-15(11-18(23(17)35)27(4,5)6)12-21-24(36)33(25(37)39-21)14-22(34)32-19-13-16(28(29,30)31)8-9-20(19)38-7/h8-13,35H,14H2,1-7H3,(H,32,34)/b21-12-. The highest BCUT2D eigenvalue weighted by Crippen LogP contribution is 2.41. The fourth-order valence-corrected chi connectivity index (χ4v) is 4.82. The summed E-state index contributed by atoms with van der Waals surface area (Å²) in [4.78, 5) is 39.1. The Morgan fingerprint density at radius 2 is 1.59 bits per heavy atom. The average molecular weight is 565 g/mol. The Kier molecular flexibility index (Phi) is 8.17. The van der Waals surface area contributed by atoms with Crippen LogP contribution < -0.4 is 10.1 Å². The molecule has 3 amide bonds. The summed E-state index contributed by atoms with van der Waals surface area (Å²) in [7, 11) is 1.24. The molecule has 1 heterocycles. The van der Waals surface area contributed by atoms with E-state index in [0.717, 1.165) is 23.1 Å². The highest BCUT2D eigenvalue weighted by molar-refractivity contribution is 8.18. The van der Waals surface area contributed by atoms with Crippen LogP contribution in [0.3, 0.4) is 0 Å². The lowest BCUT2D eigenvalue weighted by atomic mass is 9.78. The van der Waals surface area contributed by atoms with Crippen molar-refractivity contribution in [1.82, 2.24) is 4.90 Å². The Labute approximate surface area is 229 Å². The molecule has 0 unspecified atom stereocenters. The first-order valence-electron chi connectivity index (χ1n) is 12.0. The van der Waals surface area contributed by atoms with Gasteiger partial charge in [-0.15, -0.1) is 0 Å². The number of hydrogen-bond donors (Lipinski definition) is 2. The Morgan fingerprint density at radius 1 is 1.03 bits per heavy atom. The molecule has 0 bridgehead atoms. The van der Waals surface area contributed by atoms with E-state index in [1.807, 2.05) is 41.5 Å². The molecule has 0 spiro atoms. The van der Waals surface area contributed by atoms with Gasteiger partial charge in [0.2, 0.25) is 5.91 Å². The second kappa shape index (κ2) is 10.6. The van der Waals surface area contributed by atoms with Crippen LogP contribution in [0.4, 0.5) is 23.7 Å². The van der Waals surface area contributed by atoms with Crippen LogP contribution in [-0.4, -0.2) is 40.7 Å². The molecule has 0 radical (unpaired) electrons. The van der Waals surface area contributed by atoms with Crippen LogP contribution in [0.15, 0.2) is 35.2 Å². The smallest absolute Gasteiger partial charge is 0.416 e. The van der Waals surface area contributed by atoms with E-state index in [9.17, 15) is 32.7 Å². The van der Waals surface area contributed by atoms with Gasteiger partial charge in [-0.25, -0.2) is 0 Å². The molecule has 1 saturated heterocycles. The van der Waals surface area contributed by atoms with Crippen molar-refractivity contribution in [2.75, 3.05) is 19.0 Å². The first-order chi connectivity index (χ1) is 17.8. The molecule has 7 nitrogen and oxygen atoms in total. The molecule has 1 fully saturated rings. The molecule has 1 aliphatic rings. The number of methoxy groups -OCH3 is 1. The van der Waals surface area contributed by atoms with Gasteiger partial charge in [-0.1, -0.05) is 41.5 Å². The maximum Gasteiger partial charge on any atom is 0.416 e. The number of carbonyl (C=O) groups is 3. The van der Waals surface area contributed by atoms with Crippen LogP contribution >= 0.6 is 11.8 Å². The van der Waals surface area contributed by atoms with Crippen molar-refractivity contribution in [2.45, 2.75) is 58.5 Å². The number of hydrogen-bond acceptors (Lipinski definition) is 6. The summed E-state index contributed by atoms with van der Waals surface area (Å²) in [5.74, 6) is -1.42. The number of alkyl halides is 3. The number of amides is 3. The van der Waals surface area contributed by atoms with Crippen LogP contribution in [0.2, 0.25) is 0 Å². The van der Waals surface area contributed by atoms with Crippen LogP contribution in [0, 0.1) is 0 Å². The number of rotatable bonds is 5. The number of imide groups is 1. The number of phenolic OH excluding ortho intramolecular Hbond substituents is 1. The zero-order valence-electron chi connectivity index (χ0n) is 22.7. The number of carbonyl (C=O) groups excluding carboxylic acids is 3. The van der Waals surface area contributed by atoms with Crippen molar-refractivity contribution < 1.29 is 37.4 Å². The molecule has 0 aromatic heterocycles. The van der Waals surface area contributed by atoms with Crippen molar-refractivity contribution in [3.05, 3.63) is 57.5 Å². The summed E-state index contributed by atoms with van der Waals surface area (Å²) in [5.41, 5.74) is -0.0961. The van der Waals surface area contributed by atoms with Gasteiger partial charge in [0.25, 0.3) is 11.1 Å². The van der Waals surface area contributed by atoms with E-state index in [0.29, 0.717) is 28.5 Å². The summed E-state index contributed by atoms with van der Waals surface area (Å²) in [6, 6.07) is 6.11. The highest BCUT2D eigenvalue weighted by Gasteiger charge is 2.37. The monoisotopic (exact) mass is 564 g/mol. The van der Waals surface area contributed by atoms with E-state index in [-0.39, 0.29) is 22.1 Å². The molecule has 39 heavy (non-hydrogen) atoms. The SMILES string of the molecule is COc1ccc(C(F)(F)F)cc1NC(=O)CN1C(=O)S/C(=C\c2cc(C(C)(C)C)c(O)c(C(C)(C)C)c2)C1=O. The van der Waals surface area contributed by atoms with E-state index in [1.54, 1.807) is 12.1 Å². The molecule has 0 saturated carbocycles. The van der Waals surface area contributed by atoms with Gasteiger partial charge < -0.3 is 15.2 Å². The number of halogens is 3. The van der Waals surface area contributed by atoms with Crippen molar-refractivity contribution in [2.24, 2.45) is 0 Å². The van der Waals surface area contributed by atoms with Gasteiger partial charge in [0.05, 0.1) is 23.3 Å². The maximum absolute atomic E-state index is 13.1. The van der Waals surface area contributed by atoms with E-state index in [1.165, 1.54) is 13.2 Å². The zero-order valence-corrected chi connectivity index (χ0v) is 23.6. The minimum absolute atomic E-state index is 0.0120. The van der Waals surface area contributed by atoms with Gasteiger partial charge in [-0.2, -0.15) is 13.2 Å². The molecule has 0 atom stereocenters. The fourth-order valence-electron chi connectivity index (χ4n) is 3.99. The Balaban J connectivity index is 1.88. The van der Waals surface area contributed by atoms with Gasteiger partial charge in [-0.3, -0.25) is 19.3 Å². The van der Waals surface area contributed by atoms with Crippen LogP contribution in [0.25, 0.3) is 6.08 Å². The summed E-state index contributed by atoms with van der Waals surface area (Å²) in [6.07, 6.45) is -3.11. The largest absolute Gasteiger partial charge is 0.507 e. The summed E-state index contributed by atoms with van der Waals surface area (Å²) in [6.45, 7) is 11.0. The van der Waals surface area contributed by atoms with Gasteiger partial charge in [0, 0.05) is 11.1 Å². The maximum atomic E-state index is 13.1. The van der Waals surface area contributed by atoms with Crippen molar-refractivity contribution in [1.29, 1.82) is 0 Å². The van der Waals surface area contributed by atoms with E-state index >= 15 is 0 Å². The lowest BCUT2D eigenvalue weighted by Crippen LogP contribution is -2.36. The lowest BCUT2D eigenvalue weighted by Gasteiger charge is -2.28. The first-order valence-corrected chi connectivity index (χ1v) is 12.8. The number of benzene rings is 2. The lowest BCUT2D eigenvalue weighted by molar-refractivity contribution is -0.137. The third kappa shape index (κ3) is 6.76. The van der Waals surface area contributed by atoms with Gasteiger partial charge in [0.1, 0.15) is 18.0 Å².